The number of methoxy groups -OCH3 is 1. The summed E-state index contributed by atoms with van der Waals surface area (Å²) in [5.74, 6) is 1.63. The summed E-state index contributed by atoms with van der Waals surface area (Å²) in [4.78, 5) is 8.77. The Morgan fingerprint density at radius 3 is 2.74 bits per heavy atom. The lowest BCUT2D eigenvalue weighted by molar-refractivity contribution is 0.0271. The number of rotatable bonds is 5. The third-order valence-corrected chi connectivity index (χ3v) is 5.82. The minimum atomic E-state index is -1.13. The Kier molecular flexibility index (Phi) is 5.29. The van der Waals surface area contributed by atoms with Crippen molar-refractivity contribution in [3.05, 3.63) is 47.2 Å². The van der Waals surface area contributed by atoms with Gasteiger partial charge in [-0.25, -0.2) is 14.4 Å². The van der Waals surface area contributed by atoms with Gasteiger partial charge in [-0.2, -0.15) is 0 Å². The van der Waals surface area contributed by atoms with Gasteiger partial charge < -0.3 is 24.3 Å². The van der Waals surface area contributed by atoms with Crippen LogP contribution in [0.4, 0.5) is 15.9 Å². The number of hydrogen-bond donors (Lipinski definition) is 1. The van der Waals surface area contributed by atoms with Gasteiger partial charge in [-0.05, 0) is 36.8 Å². The summed E-state index contributed by atoms with van der Waals surface area (Å²) in [6.45, 7) is 2.24. The van der Waals surface area contributed by atoms with Crippen molar-refractivity contribution in [2.75, 3.05) is 25.6 Å². The Hall–Kier alpha value is -2.68. The van der Waals surface area contributed by atoms with Crippen molar-refractivity contribution < 1.29 is 23.3 Å². The normalized spacial score (nSPS) is 24.9. The number of fused-ring (bicyclic) bond motifs is 2. The number of hydrogen-bond acceptors (Lipinski definition) is 7. The van der Waals surface area contributed by atoms with Gasteiger partial charge in [0.1, 0.15) is 24.4 Å². The summed E-state index contributed by atoms with van der Waals surface area (Å²) < 4.78 is 36.6. The number of halogens is 2. The third-order valence-electron chi connectivity index (χ3n) is 5.59. The van der Waals surface area contributed by atoms with E-state index in [1.54, 1.807) is 13.2 Å². The van der Waals surface area contributed by atoms with Gasteiger partial charge >= 0.3 is 0 Å². The van der Waals surface area contributed by atoms with E-state index in [1.165, 1.54) is 6.33 Å². The Morgan fingerprint density at radius 2 is 1.94 bits per heavy atom. The number of ether oxygens (including phenoxy) is 4. The van der Waals surface area contributed by atoms with Crippen molar-refractivity contribution in [1.82, 2.24) is 9.97 Å². The zero-order chi connectivity index (χ0) is 21.5. The summed E-state index contributed by atoms with van der Waals surface area (Å²) >= 11 is 6.06. The third kappa shape index (κ3) is 3.75. The van der Waals surface area contributed by atoms with Crippen molar-refractivity contribution in [2.45, 2.75) is 31.4 Å². The van der Waals surface area contributed by atoms with Crippen LogP contribution in [0.5, 0.6) is 11.5 Å². The fraction of sp³-hybridized carbons (Fsp3) is 0.364. The molecule has 0 amide bonds. The lowest BCUT2D eigenvalue weighted by Crippen LogP contribution is -2.33. The maximum atomic E-state index is 13.9. The van der Waals surface area contributed by atoms with Gasteiger partial charge in [-0.15, -0.1) is 0 Å². The fourth-order valence-electron chi connectivity index (χ4n) is 3.99. The highest BCUT2D eigenvalue weighted by molar-refractivity contribution is 6.30. The van der Waals surface area contributed by atoms with Crippen LogP contribution >= 0.6 is 11.6 Å². The van der Waals surface area contributed by atoms with Gasteiger partial charge in [-0.1, -0.05) is 11.6 Å². The first-order valence-electron chi connectivity index (χ1n) is 9.93. The smallest absolute Gasteiger partial charge is 0.164 e. The van der Waals surface area contributed by atoms with Crippen LogP contribution < -0.4 is 14.8 Å². The summed E-state index contributed by atoms with van der Waals surface area (Å²) in [6.07, 6.45) is -1.10. The predicted octanol–water partition coefficient (Wildman–Crippen LogP) is 4.23. The Morgan fingerprint density at radius 1 is 1.10 bits per heavy atom. The summed E-state index contributed by atoms with van der Waals surface area (Å²) in [5, 5.41) is 4.77. The van der Waals surface area contributed by atoms with E-state index in [4.69, 9.17) is 30.5 Å². The van der Waals surface area contributed by atoms with Crippen molar-refractivity contribution in [3.63, 3.8) is 0 Å². The minimum Gasteiger partial charge on any atom is -0.493 e. The molecule has 3 heterocycles. The molecule has 5 rings (SSSR count). The van der Waals surface area contributed by atoms with Crippen LogP contribution in [0.2, 0.25) is 5.02 Å². The fourth-order valence-corrected chi connectivity index (χ4v) is 4.22. The molecular weight excluding hydrogens is 425 g/mol. The molecule has 2 fully saturated rings. The van der Waals surface area contributed by atoms with Crippen molar-refractivity contribution in [3.8, 4) is 11.5 Å². The first-order chi connectivity index (χ1) is 15.0. The predicted molar refractivity (Wildman–Crippen MR) is 114 cm³/mol. The average molecular weight is 446 g/mol. The van der Waals surface area contributed by atoms with Crippen LogP contribution in [-0.2, 0) is 9.47 Å². The number of nitrogens with zero attached hydrogens (tertiary/aromatic N) is 2. The number of aryl methyl sites for hydroxylation is 1. The topological polar surface area (TPSA) is 74.7 Å². The molecule has 7 nitrogen and oxygen atoms in total. The lowest BCUT2D eigenvalue weighted by atomic mass is 10.1. The van der Waals surface area contributed by atoms with Crippen molar-refractivity contribution >= 4 is 34.0 Å². The van der Waals surface area contributed by atoms with Gasteiger partial charge in [0.2, 0.25) is 0 Å². The van der Waals surface area contributed by atoms with Gasteiger partial charge in [0.15, 0.2) is 23.8 Å². The van der Waals surface area contributed by atoms with E-state index in [2.05, 4.69) is 15.3 Å². The van der Waals surface area contributed by atoms with Crippen molar-refractivity contribution in [2.24, 2.45) is 0 Å². The molecule has 162 valence electrons. The largest absolute Gasteiger partial charge is 0.493 e. The second-order valence-electron chi connectivity index (χ2n) is 7.59. The molecule has 2 aromatic carbocycles. The van der Waals surface area contributed by atoms with Crippen LogP contribution in [-0.4, -0.2) is 54.8 Å². The molecule has 1 N–H and O–H groups in total. The van der Waals surface area contributed by atoms with E-state index in [-0.39, 0.29) is 13.2 Å². The Balaban J connectivity index is 1.46. The maximum Gasteiger partial charge on any atom is 0.164 e. The first kappa shape index (κ1) is 20.2. The minimum absolute atomic E-state index is 0.0242. The standard InChI is InChI=1S/C22H21ClFN3O4/c1-11-5-12(23)3-4-15(11)27-22-13-6-17(28-2)18(7-16(13)25-10-26-22)31-19-9-30-20-14(24)8-29-21(19)20/h3-7,10,14,19-21H,8-9H2,1-2H3,(H,25,26,27)/t14-,19-,20+,21?/m1/s1. The van der Waals surface area contributed by atoms with E-state index in [0.717, 1.165) is 16.6 Å². The average Bonchev–Trinajstić information content (AvgIpc) is 3.33. The molecule has 0 saturated carbocycles. The van der Waals surface area contributed by atoms with E-state index < -0.39 is 24.5 Å². The van der Waals surface area contributed by atoms with Crippen molar-refractivity contribution in [1.29, 1.82) is 0 Å². The van der Waals surface area contributed by atoms with Gasteiger partial charge in [0, 0.05) is 22.2 Å². The molecule has 0 spiro atoms. The highest BCUT2D eigenvalue weighted by Crippen LogP contribution is 2.38. The Bertz CT molecular complexity index is 1130. The molecule has 2 aliphatic heterocycles. The van der Waals surface area contributed by atoms with E-state index in [9.17, 15) is 4.39 Å². The molecule has 0 radical (unpaired) electrons. The second kappa shape index (κ2) is 8.11. The summed E-state index contributed by atoms with van der Waals surface area (Å²) in [6, 6.07) is 9.20. The monoisotopic (exact) mass is 445 g/mol. The second-order valence-corrected chi connectivity index (χ2v) is 8.03. The number of anilines is 2. The molecule has 31 heavy (non-hydrogen) atoms. The molecule has 2 saturated heterocycles. The first-order valence-corrected chi connectivity index (χ1v) is 10.3. The SMILES string of the molecule is COc1cc2c(Nc3ccc(Cl)cc3C)ncnc2cc1O[C@@H]1CO[C@@H]2C1OC[C@H]2F. The van der Waals surface area contributed by atoms with Crippen LogP contribution in [0.3, 0.4) is 0 Å². The van der Waals surface area contributed by atoms with E-state index in [0.29, 0.717) is 27.9 Å². The molecule has 9 heteroatoms. The van der Waals surface area contributed by atoms with Gasteiger partial charge in [0.05, 0.1) is 25.8 Å². The number of nitrogens with one attached hydrogen (secondary N) is 1. The van der Waals surface area contributed by atoms with Crippen LogP contribution in [0.25, 0.3) is 10.9 Å². The van der Waals surface area contributed by atoms with Gasteiger partial charge in [-0.3, -0.25) is 0 Å². The van der Waals surface area contributed by atoms with E-state index in [1.807, 2.05) is 31.2 Å². The molecule has 0 bridgehead atoms. The highest BCUT2D eigenvalue weighted by Gasteiger charge is 2.49. The highest BCUT2D eigenvalue weighted by atomic mass is 35.5. The zero-order valence-corrected chi connectivity index (χ0v) is 17.7. The molecule has 2 aliphatic rings. The van der Waals surface area contributed by atoms with Crippen LogP contribution in [0, 0.1) is 6.92 Å². The summed E-state index contributed by atoms with van der Waals surface area (Å²) in [5.41, 5.74) is 2.55. The zero-order valence-electron chi connectivity index (χ0n) is 17.0. The van der Waals surface area contributed by atoms with Crippen LogP contribution in [0.1, 0.15) is 5.56 Å². The molecule has 0 aliphatic carbocycles. The maximum absolute atomic E-state index is 13.9. The van der Waals surface area contributed by atoms with E-state index >= 15 is 0 Å². The molecule has 1 aromatic heterocycles. The summed E-state index contributed by atoms with van der Waals surface area (Å²) in [7, 11) is 1.56. The lowest BCUT2D eigenvalue weighted by Gasteiger charge is -2.20. The molecule has 4 atom stereocenters. The molecule has 3 aromatic rings. The number of benzene rings is 2. The molecular formula is C22H21ClFN3O4. The number of alkyl halides is 1. The van der Waals surface area contributed by atoms with Gasteiger partial charge in [0.25, 0.3) is 0 Å². The molecule has 1 unspecified atom stereocenters. The Labute approximate surface area is 183 Å². The van der Waals surface area contributed by atoms with Crippen LogP contribution in [0.15, 0.2) is 36.7 Å². The number of aromatic nitrogens is 2. The quantitative estimate of drug-likeness (QED) is 0.630.